The van der Waals surface area contributed by atoms with Gasteiger partial charge >= 0.3 is 0 Å². The standard InChI is InChI=1S/C21H28N2O3/c1-2-25-21-9-8-17(12-18(21)16-24)13-23(15-20-7-5-11-26-20)14-19-6-3-4-10-22-19/h3-4,6,8-10,12,20,24H,2,5,7,11,13-16H2,1H3/t20-/m0/s1. The van der Waals surface area contributed by atoms with Crippen molar-refractivity contribution in [1.29, 1.82) is 0 Å². The predicted molar refractivity (Wildman–Crippen MR) is 101 cm³/mol. The summed E-state index contributed by atoms with van der Waals surface area (Å²) in [6, 6.07) is 12.1. The minimum absolute atomic E-state index is 0.0187. The average molecular weight is 356 g/mol. The lowest BCUT2D eigenvalue weighted by Gasteiger charge is -2.25. The second kappa shape index (κ2) is 9.67. The Morgan fingerprint density at radius 1 is 1.27 bits per heavy atom. The lowest BCUT2D eigenvalue weighted by molar-refractivity contribution is 0.0674. The van der Waals surface area contributed by atoms with E-state index in [2.05, 4.69) is 22.0 Å². The van der Waals surface area contributed by atoms with E-state index in [1.165, 1.54) is 0 Å². The molecule has 26 heavy (non-hydrogen) atoms. The normalized spacial score (nSPS) is 17.0. The Hall–Kier alpha value is -1.95. The van der Waals surface area contributed by atoms with Gasteiger partial charge in [0, 0.05) is 38.0 Å². The molecule has 1 aliphatic heterocycles. The third kappa shape index (κ3) is 5.27. The Morgan fingerprint density at radius 2 is 2.19 bits per heavy atom. The molecule has 1 saturated heterocycles. The molecule has 140 valence electrons. The van der Waals surface area contributed by atoms with Crippen LogP contribution in [0.5, 0.6) is 5.75 Å². The highest BCUT2D eigenvalue weighted by atomic mass is 16.5. The number of aromatic nitrogens is 1. The molecule has 1 aliphatic rings. The van der Waals surface area contributed by atoms with Crippen LogP contribution in [0.25, 0.3) is 0 Å². The summed E-state index contributed by atoms with van der Waals surface area (Å²) < 4.78 is 11.4. The molecule has 3 rings (SSSR count). The van der Waals surface area contributed by atoms with Crippen molar-refractivity contribution in [2.75, 3.05) is 19.8 Å². The zero-order valence-corrected chi connectivity index (χ0v) is 15.4. The van der Waals surface area contributed by atoms with Crippen LogP contribution in [0.15, 0.2) is 42.6 Å². The number of aliphatic hydroxyl groups is 1. The molecule has 0 bridgehead atoms. The van der Waals surface area contributed by atoms with Crippen molar-refractivity contribution in [3.05, 3.63) is 59.4 Å². The van der Waals surface area contributed by atoms with E-state index in [0.29, 0.717) is 12.7 Å². The number of hydrogen-bond donors (Lipinski definition) is 1. The summed E-state index contributed by atoms with van der Waals surface area (Å²) >= 11 is 0. The molecule has 5 heteroatoms. The van der Waals surface area contributed by atoms with Crippen LogP contribution in [0.1, 0.15) is 36.6 Å². The maximum atomic E-state index is 9.65. The van der Waals surface area contributed by atoms with Crippen molar-refractivity contribution in [2.24, 2.45) is 0 Å². The molecule has 5 nitrogen and oxygen atoms in total. The van der Waals surface area contributed by atoms with Crippen LogP contribution in [0.2, 0.25) is 0 Å². The van der Waals surface area contributed by atoms with Gasteiger partial charge in [-0.1, -0.05) is 12.1 Å². The second-order valence-corrected chi connectivity index (χ2v) is 6.66. The summed E-state index contributed by atoms with van der Waals surface area (Å²) in [6.07, 6.45) is 4.38. The van der Waals surface area contributed by atoms with Gasteiger partial charge in [0.25, 0.3) is 0 Å². The molecule has 1 fully saturated rings. The molecule has 0 amide bonds. The first-order chi connectivity index (χ1) is 12.8. The van der Waals surface area contributed by atoms with Gasteiger partial charge < -0.3 is 14.6 Å². The average Bonchev–Trinajstić information content (AvgIpc) is 3.17. The first-order valence-electron chi connectivity index (χ1n) is 9.37. The molecule has 1 atom stereocenters. The Bertz CT molecular complexity index is 672. The van der Waals surface area contributed by atoms with Gasteiger partial charge in [-0.25, -0.2) is 0 Å². The van der Waals surface area contributed by atoms with E-state index in [9.17, 15) is 5.11 Å². The lowest BCUT2D eigenvalue weighted by Crippen LogP contribution is -2.31. The molecule has 1 aromatic heterocycles. The maximum Gasteiger partial charge on any atom is 0.124 e. The molecule has 1 aromatic carbocycles. The topological polar surface area (TPSA) is 54.8 Å². The monoisotopic (exact) mass is 356 g/mol. The molecule has 0 radical (unpaired) electrons. The zero-order valence-electron chi connectivity index (χ0n) is 15.4. The molecule has 0 spiro atoms. The summed E-state index contributed by atoms with van der Waals surface area (Å²) in [7, 11) is 0. The molecule has 0 unspecified atom stereocenters. The lowest BCUT2D eigenvalue weighted by atomic mass is 10.1. The van der Waals surface area contributed by atoms with E-state index in [1.807, 2.05) is 37.4 Å². The molecule has 0 aliphatic carbocycles. The van der Waals surface area contributed by atoms with Crippen LogP contribution in [-0.4, -0.2) is 40.9 Å². The van der Waals surface area contributed by atoms with Crippen molar-refractivity contribution in [3.63, 3.8) is 0 Å². The third-order valence-corrected chi connectivity index (χ3v) is 4.60. The minimum atomic E-state index is -0.0187. The highest BCUT2D eigenvalue weighted by Crippen LogP contribution is 2.22. The van der Waals surface area contributed by atoms with Crippen LogP contribution < -0.4 is 4.74 Å². The third-order valence-electron chi connectivity index (χ3n) is 4.60. The van der Waals surface area contributed by atoms with Crippen LogP contribution in [0, 0.1) is 0 Å². The van der Waals surface area contributed by atoms with E-state index in [1.54, 1.807) is 0 Å². The first-order valence-corrected chi connectivity index (χ1v) is 9.37. The summed E-state index contributed by atoms with van der Waals surface area (Å²) in [5.74, 6) is 0.758. The van der Waals surface area contributed by atoms with Gasteiger partial charge in [0.15, 0.2) is 0 Å². The zero-order chi connectivity index (χ0) is 18.2. The quantitative estimate of drug-likeness (QED) is 0.748. The van der Waals surface area contributed by atoms with E-state index < -0.39 is 0 Å². The Morgan fingerprint density at radius 3 is 2.88 bits per heavy atom. The largest absolute Gasteiger partial charge is 0.494 e. The smallest absolute Gasteiger partial charge is 0.124 e. The second-order valence-electron chi connectivity index (χ2n) is 6.66. The number of aliphatic hydroxyl groups excluding tert-OH is 1. The number of nitrogens with zero attached hydrogens (tertiary/aromatic N) is 2. The van der Waals surface area contributed by atoms with Crippen LogP contribution >= 0.6 is 0 Å². The van der Waals surface area contributed by atoms with Gasteiger partial charge in [-0.2, -0.15) is 0 Å². The van der Waals surface area contributed by atoms with Crippen molar-refractivity contribution in [3.8, 4) is 5.75 Å². The highest BCUT2D eigenvalue weighted by Gasteiger charge is 2.20. The van der Waals surface area contributed by atoms with Crippen LogP contribution in [0.4, 0.5) is 0 Å². The first kappa shape index (κ1) is 18.8. The number of ether oxygens (including phenoxy) is 2. The summed E-state index contributed by atoms with van der Waals surface area (Å²) in [5, 5.41) is 9.65. The summed E-state index contributed by atoms with van der Waals surface area (Å²) in [6.45, 7) is 5.84. The Labute approximate surface area is 155 Å². The molecular weight excluding hydrogens is 328 g/mol. The van der Waals surface area contributed by atoms with Gasteiger partial charge in [0.05, 0.1) is 25.0 Å². The SMILES string of the molecule is CCOc1ccc(CN(Cc2ccccn2)C[C@@H]2CCCO2)cc1CO. The number of rotatable bonds is 9. The Kier molecular flexibility index (Phi) is 7.00. The van der Waals surface area contributed by atoms with E-state index in [-0.39, 0.29) is 6.61 Å². The molecule has 1 N–H and O–H groups in total. The molecular formula is C21H28N2O3. The van der Waals surface area contributed by atoms with E-state index in [4.69, 9.17) is 9.47 Å². The summed E-state index contributed by atoms with van der Waals surface area (Å²) in [5.41, 5.74) is 3.05. The minimum Gasteiger partial charge on any atom is -0.494 e. The van der Waals surface area contributed by atoms with Crippen molar-refractivity contribution >= 4 is 0 Å². The van der Waals surface area contributed by atoms with Gasteiger partial charge in [-0.15, -0.1) is 0 Å². The van der Waals surface area contributed by atoms with Crippen molar-refractivity contribution in [1.82, 2.24) is 9.88 Å². The Balaban J connectivity index is 1.73. The predicted octanol–water partition coefficient (Wildman–Crippen LogP) is 3.15. The van der Waals surface area contributed by atoms with E-state index >= 15 is 0 Å². The van der Waals surface area contributed by atoms with Gasteiger partial charge in [0.1, 0.15) is 5.75 Å². The molecule has 2 aromatic rings. The highest BCUT2D eigenvalue weighted by molar-refractivity contribution is 5.37. The summed E-state index contributed by atoms with van der Waals surface area (Å²) in [4.78, 5) is 6.83. The molecule has 2 heterocycles. The maximum absolute atomic E-state index is 9.65. The fourth-order valence-corrected chi connectivity index (χ4v) is 3.39. The van der Waals surface area contributed by atoms with Gasteiger partial charge in [-0.3, -0.25) is 9.88 Å². The van der Waals surface area contributed by atoms with Crippen molar-refractivity contribution < 1.29 is 14.6 Å². The van der Waals surface area contributed by atoms with Crippen LogP contribution in [-0.2, 0) is 24.4 Å². The molecule has 0 saturated carbocycles. The number of hydrogen-bond acceptors (Lipinski definition) is 5. The number of benzene rings is 1. The van der Waals surface area contributed by atoms with Gasteiger partial charge in [0.2, 0.25) is 0 Å². The fourth-order valence-electron chi connectivity index (χ4n) is 3.39. The van der Waals surface area contributed by atoms with E-state index in [0.717, 1.165) is 61.7 Å². The van der Waals surface area contributed by atoms with Crippen LogP contribution in [0.3, 0.4) is 0 Å². The fraction of sp³-hybridized carbons (Fsp3) is 0.476. The number of pyridine rings is 1. The van der Waals surface area contributed by atoms with Crippen molar-refractivity contribution in [2.45, 2.75) is 45.6 Å². The van der Waals surface area contributed by atoms with Gasteiger partial charge in [-0.05, 0) is 49.6 Å².